The number of para-hydroxylation sites is 1. The molecular formula is C35H43F3N2O5. The third-order valence-corrected chi connectivity index (χ3v) is 6.49. The Morgan fingerprint density at radius 3 is 2.22 bits per heavy atom. The van der Waals surface area contributed by atoms with E-state index in [1.165, 1.54) is 11.9 Å². The van der Waals surface area contributed by atoms with Gasteiger partial charge < -0.3 is 24.4 Å². The molecule has 0 radical (unpaired) electrons. The number of alkyl halides is 2. The SMILES string of the molecule is C[C@@H](NC(=O)OC(C)(C)C)c1cccc(-c2cc(COc3ccccc3CC(=O)OC(C)(C)C)cc(N(C)CC(F)F)c2)c1F. The maximum atomic E-state index is 16.0. The number of amides is 1. The highest BCUT2D eigenvalue weighted by Crippen LogP contribution is 2.33. The lowest BCUT2D eigenvalue weighted by Gasteiger charge is -2.23. The number of nitrogens with one attached hydrogen (secondary N) is 1. The summed E-state index contributed by atoms with van der Waals surface area (Å²) in [4.78, 5) is 26.2. The number of benzene rings is 3. The summed E-state index contributed by atoms with van der Waals surface area (Å²) in [5, 5.41) is 2.66. The van der Waals surface area contributed by atoms with E-state index in [0.29, 0.717) is 28.1 Å². The van der Waals surface area contributed by atoms with Crippen LogP contribution < -0.4 is 15.0 Å². The van der Waals surface area contributed by atoms with Crippen molar-refractivity contribution in [2.45, 2.75) is 85.2 Å². The summed E-state index contributed by atoms with van der Waals surface area (Å²) < 4.78 is 59.5. The normalized spacial score (nSPS) is 12.4. The number of carbonyl (C=O) groups is 2. The van der Waals surface area contributed by atoms with Gasteiger partial charge in [-0.2, -0.15) is 0 Å². The van der Waals surface area contributed by atoms with E-state index in [0.717, 1.165) is 0 Å². The van der Waals surface area contributed by atoms with Gasteiger partial charge in [0.05, 0.1) is 19.0 Å². The van der Waals surface area contributed by atoms with Crippen LogP contribution in [0.3, 0.4) is 0 Å². The van der Waals surface area contributed by atoms with Gasteiger partial charge in [0.2, 0.25) is 0 Å². The monoisotopic (exact) mass is 628 g/mol. The van der Waals surface area contributed by atoms with E-state index >= 15 is 4.39 Å². The molecular weight excluding hydrogens is 585 g/mol. The van der Waals surface area contributed by atoms with Crippen LogP contribution in [0.25, 0.3) is 11.1 Å². The quantitative estimate of drug-likeness (QED) is 0.216. The fourth-order valence-electron chi connectivity index (χ4n) is 4.60. The van der Waals surface area contributed by atoms with Crippen molar-refractivity contribution in [3.05, 3.63) is 83.2 Å². The zero-order valence-corrected chi connectivity index (χ0v) is 27.2. The second-order valence-electron chi connectivity index (χ2n) is 12.9. The molecule has 3 aromatic rings. The maximum absolute atomic E-state index is 16.0. The summed E-state index contributed by atoms with van der Waals surface area (Å²) >= 11 is 0. The minimum Gasteiger partial charge on any atom is -0.489 e. The molecule has 0 bridgehead atoms. The van der Waals surface area contributed by atoms with E-state index in [1.807, 2.05) is 0 Å². The second kappa shape index (κ2) is 14.7. The van der Waals surface area contributed by atoms with Crippen molar-refractivity contribution < 1.29 is 37.0 Å². The van der Waals surface area contributed by atoms with Gasteiger partial charge in [-0.05, 0) is 83.9 Å². The summed E-state index contributed by atoms with van der Waals surface area (Å²) in [5.41, 5.74) is 1.22. The fraction of sp³-hybridized carbons (Fsp3) is 0.429. The van der Waals surface area contributed by atoms with Gasteiger partial charge in [-0.1, -0.05) is 36.4 Å². The Morgan fingerprint density at radius 2 is 1.58 bits per heavy atom. The van der Waals surface area contributed by atoms with E-state index < -0.39 is 48.1 Å². The molecule has 3 rings (SSSR count). The first kappa shape index (κ1) is 35.3. The Bertz CT molecular complexity index is 1480. The standard InChI is InChI=1S/C35H43F3N2O5/c1-22(39-33(42)45-35(5,6)7)27-13-11-14-28(32(27)38)25-16-23(17-26(18-25)40(8)20-30(36)37)21-43-29-15-10-9-12-24(29)19-31(41)44-34(2,3)4/h9-18,22,30H,19-21H2,1-8H3,(H,39,42)/t22-/m1/s1. The molecule has 0 spiro atoms. The smallest absolute Gasteiger partial charge is 0.408 e. The van der Waals surface area contributed by atoms with Crippen molar-refractivity contribution >= 4 is 17.7 Å². The third kappa shape index (κ3) is 11.0. The summed E-state index contributed by atoms with van der Waals surface area (Å²) in [7, 11) is 1.53. The van der Waals surface area contributed by atoms with Crippen LogP contribution in [0.15, 0.2) is 60.7 Å². The molecule has 244 valence electrons. The lowest BCUT2D eigenvalue weighted by atomic mass is 9.97. The number of hydrogen-bond donors (Lipinski definition) is 1. The van der Waals surface area contributed by atoms with Gasteiger partial charge >= 0.3 is 12.1 Å². The van der Waals surface area contributed by atoms with Gasteiger partial charge in [-0.15, -0.1) is 0 Å². The highest BCUT2D eigenvalue weighted by Gasteiger charge is 2.22. The van der Waals surface area contributed by atoms with Crippen molar-refractivity contribution in [3.8, 4) is 16.9 Å². The van der Waals surface area contributed by atoms with Gasteiger partial charge in [0.25, 0.3) is 6.43 Å². The van der Waals surface area contributed by atoms with Crippen LogP contribution in [0.1, 0.15) is 71.2 Å². The molecule has 0 aromatic heterocycles. The summed E-state index contributed by atoms with van der Waals surface area (Å²) in [6.07, 6.45) is -3.26. The van der Waals surface area contributed by atoms with Crippen LogP contribution >= 0.6 is 0 Å². The van der Waals surface area contributed by atoms with Crippen molar-refractivity contribution in [2.75, 3.05) is 18.5 Å². The third-order valence-electron chi connectivity index (χ3n) is 6.49. The molecule has 0 fully saturated rings. The molecule has 10 heteroatoms. The molecule has 0 saturated heterocycles. The first-order chi connectivity index (χ1) is 20.9. The number of hydrogen-bond acceptors (Lipinski definition) is 6. The Hall–Kier alpha value is -4.21. The van der Waals surface area contributed by atoms with Crippen molar-refractivity contribution in [1.29, 1.82) is 0 Å². The largest absolute Gasteiger partial charge is 0.489 e. The van der Waals surface area contributed by atoms with E-state index in [1.54, 1.807) is 109 Å². The van der Waals surface area contributed by atoms with Crippen LogP contribution in [0.2, 0.25) is 0 Å². The maximum Gasteiger partial charge on any atom is 0.408 e. The highest BCUT2D eigenvalue weighted by atomic mass is 19.3. The zero-order valence-electron chi connectivity index (χ0n) is 27.2. The van der Waals surface area contributed by atoms with Gasteiger partial charge in [-0.3, -0.25) is 4.79 Å². The number of carbonyl (C=O) groups excluding carboxylic acids is 2. The molecule has 0 saturated carbocycles. The van der Waals surface area contributed by atoms with Crippen LogP contribution in [-0.4, -0.2) is 43.3 Å². The molecule has 7 nitrogen and oxygen atoms in total. The first-order valence-electron chi connectivity index (χ1n) is 14.8. The lowest BCUT2D eigenvalue weighted by molar-refractivity contribution is -0.153. The van der Waals surface area contributed by atoms with Gasteiger partial charge in [0, 0.05) is 29.4 Å². The molecule has 1 amide bonds. The Kier molecular flexibility index (Phi) is 11.5. The van der Waals surface area contributed by atoms with E-state index in [4.69, 9.17) is 14.2 Å². The van der Waals surface area contributed by atoms with Crippen LogP contribution in [0.5, 0.6) is 5.75 Å². The van der Waals surface area contributed by atoms with E-state index in [2.05, 4.69) is 5.32 Å². The molecule has 0 heterocycles. The first-order valence-corrected chi connectivity index (χ1v) is 14.8. The molecule has 1 atom stereocenters. The highest BCUT2D eigenvalue weighted by molar-refractivity contribution is 5.74. The predicted octanol–water partition coefficient (Wildman–Crippen LogP) is 8.24. The number of ether oxygens (including phenoxy) is 3. The average molecular weight is 629 g/mol. The number of rotatable bonds is 11. The van der Waals surface area contributed by atoms with Crippen molar-refractivity contribution in [2.24, 2.45) is 0 Å². The Morgan fingerprint density at radius 1 is 0.911 bits per heavy atom. The summed E-state index contributed by atoms with van der Waals surface area (Å²) in [6.45, 7) is 11.7. The molecule has 45 heavy (non-hydrogen) atoms. The number of anilines is 1. The molecule has 3 aromatic carbocycles. The number of alkyl carbamates (subject to hydrolysis) is 1. The molecule has 0 aliphatic heterocycles. The predicted molar refractivity (Wildman–Crippen MR) is 169 cm³/mol. The number of halogens is 3. The molecule has 0 aliphatic rings. The molecule has 0 unspecified atom stereocenters. The fourth-order valence-corrected chi connectivity index (χ4v) is 4.60. The van der Waals surface area contributed by atoms with Crippen molar-refractivity contribution in [3.63, 3.8) is 0 Å². The number of esters is 1. The minimum atomic E-state index is -2.59. The number of nitrogens with zero attached hydrogens (tertiary/aromatic N) is 1. The van der Waals surface area contributed by atoms with Crippen LogP contribution in [0.4, 0.5) is 23.7 Å². The second-order valence-corrected chi connectivity index (χ2v) is 12.9. The van der Waals surface area contributed by atoms with Crippen molar-refractivity contribution in [1.82, 2.24) is 5.32 Å². The van der Waals surface area contributed by atoms with Gasteiger partial charge in [-0.25, -0.2) is 18.0 Å². The molecule has 0 aliphatic carbocycles. The van der Waals surface area contributed by atoms with Crippen LogP contribution in [0, 0.1) is 5.82 Å². The molecule has 1 N–H and O–H groups in total. The summed E-state index contributed by atoms with van der Waals surface area (Å²) in [6, 6.07) is 16.2. The minimum absolute atomic E-state index is 0.00335. The Balaban J connectivity index is 1.94. The average Bonchev–Trinajstić information content (AvgIpc) is 2.90. The van der Waals surface area contributed by atoms with Gasteiger partial charge in [0.1, 0.15) is 29.4 Å². The van der Waals surface area contributed by atoms with E-state index in [-0.39, 0.29) is 24.2 Å². The summed E-state index contributed by atoms with van der Waals surface area (Å²) in [5.74, 6) is -0.502. The Labute approximate surface area is 263 Å². The topological polar surface area (TPSA) is 77.1 Å². The van der Waals surface area contributed by atoms with Gasteiger partial charge in [0.15, 0.2) is 0 Å². The van der Waals surface area contributed by atoms with Crippen LogP contribution in [-0.2, 0) is 27.3 Å². The zero-order chi connectivity index (χ0) is 33.5. The van der Waals surface area contributed by atoms with E-state index in [9.17, 15) is 18.4 Å². The lowest BCUT2D eigenvalue weighted by Crippen LogP contribution is -2.34.